The Hall–Kier alpha value is -1.13. The zero-order valence-electron chi connectivity index (χ0n) is 11.2. The summed E-state index contributed by atoms with van der Waals surface area (Å²) in [6.07, 6.45) is 1.55. The zero-order chi connectivity index (χ0) is 13.5. The van der Waals surface area contributed by atoms with Gasteiger partial charge in [-0.25, -0.2) is 4.39 Å². The molecule has 3 nitrogen and oxygen atoms in total. The van der Waals surface area contributed by atoms with Crippen molar-refractivity contribution in [1.82, 2.24) is 5.32 Å². The number of nitrogens with one attached hydrogen (secondary N) is 1. The molecule has 0 aliphatic carbocycles. The monoisotopic (exact) mass is 255 g/mol. The van der Waals surface area contributed by atoms with Crippen LogP contribution in [0, 0.1) is 5.82 Å². The van der Waals surface area contributed by atoms with Crippen LogP contribution >= 0.6 is 0 Å². The molecule has 1 rings (SSSR count). The van der Waals surface area contributed by atoms with Crippen molar-refractivity contribution in [3.8, 4) is 5.75 Å². The molecule has 0 aliphatic rings. The minimum Gasteiger partial charge on any atom is -0.496 e. The zero-order valence-corrected chi connectivity index (χ0v) is 11.2. The number of aliphatic hydroxyl groups is 1. The van der Waals surface area contributed by atoms with Crippen LogP contribution in [0.4, 0.5) is 4.39 Å². The average molecular weight is 255 g/mol. The Labute approximate surface area is 108 Å². The third-order valence-electron chi connectivity index (χ3n) is 3.12. The fourth-order valence-electron chi connectivity index (χ4n) is 2.11. The minimum atomic E-state index is -0.270. The summed E-state index contributed by atoms with van der Waals surface area (Å²) in [4.78, 5) is 0. The maximum Gasteiger partial charge on any atom is 0.131 e. The van der Waals surface area contributed by atoms with Crippen molar-refractivity contribution in [3.05, 3.63) is 29.6 Å². The molecule has 0 aliphatic heterocycles. The molecule has 1 aromatic rings. The van der Waals surface area contributed by atoms with Gasteiger partial charge in [0.05, 0.1) is 7.11 Å². The summed E-state index contributed by atoms with van der Waals surface area (Å²) in [6.45, 7) is 4.08. The summed E-state index contributed by atoms with van der Waals surface area (Å²) in [7, 11) is 1.54. The fourth-order valence-corrected chi connectivity index (χ4v) is 2.11. The normalized spacial score (nSPS) is 14.3. The summed E-state index contributed by atoms with van der Waals surface area (Å²) in [6, 6.07) is 4.84. The van der Waals surface area contributed by atoms with E-state index in [0.29, 0.717) is 17.7 Å². The number of methoxy groups -OCH3 is 1. The Bertz CT molecular complexity index is 371. The second kappa shape index (κ2) is 7.34. The molecular formula is C14H22FNO2. The van der Waals surface area contributed by atoms with Gasteiger partial charge in [-0.05, 0) is 31.9 Å². The first-order valence-electron chi connectivity index (χ1n) is 6.33. The number of hydrogen-bond acceptors (Lipinski definition) is 3. The van der Waals surface area contributed by atoms with Gasteiger partial charge < -0.3 is 15.2 Å². The van der Waals surface area contributed by atoms with Gasteiger partial charge in [0, 0.05) is 24.3 Å². The largest absolute Gasteiger partial charge is 0.496 e. The number of aliphatic hydroxyl groups excluding tert-OH is 1. The summed E-state index contributed by atoms with van der Waals surface area (Å²) in [5, 5.41) is 12.3. The van der Waals surface area contributed by atoms with Crippen molar-refractivity contribution in [1.29, 1.82) is 0 Å². The molecule has 0 radical (unpaired) electrons. The smallest absolute Gasteiger partial charge is 0.131 e. The molecule has 0 spiro atoms. The lowest BCUT2D eigenvalue weighted by molar-refractivity contribution is 0.255. The Morgan fingerprint density at radius 2 is 2.17 bits per heavy atom. The van der Waals surface area contributed by atoms with Gasteiger partial charge in [-0.3, -0.25) is 0 Å². The lowest BCUT2D eigenvalue weighted by atomic mass is 10.0. The highest BCUT2D eigenvalue weighted by Gasteiger charge is 2.18. The Balaban J connectivity index is 2.85. The molecule has 102 valence electrons. The second-order valence-corrected chi connectivity index (χ2v) is 4.36. The number of benzene rings is 1. The molecule has 0 saturated carbocycles. The molecule has 0 aromatic heterocycles. The van der Waals surface area contributed by atoms with E-state index < -0.39 is 0 Å². The second-order valence-electron chi connectivity index (χ2n) is 4.36. The number of halogens is 1. The Morgan fingerprint density at radius 3 is 2.72 bits per heavy atom. The quantitative estimate of drug-likeness (QED) is 0.787. The lowest BCUT2D eigenvalue weighted by Gasteiger charge is -2.23. The molecule has 2 N–H and O–H groups in total. The van der Waals surface area contributed by atoms with E-state index in [1.165, 1.54) is 13.2 Å². The van der Waals surface area contributed by atoms with Crippen LogP contribution in [0.1, 0.15) is 38.3 Å². The predicted molar refractivity (Wildman–Crippen MR) is 70.3 cm³/mol. The van der Waals surface area contributed by atoms with Crippen LogP contribution in [-0.4, -0.2) is 24.9 Å². The molecule has 1 aromatic carbocycles. The molecule has 0 heterocycles. The van der Waals surface area contributed by atoms with Crippen molar-refractivity contribution < 1.29 is 14.2 Å². The molecule has 0 fully saturated rings. The van der Waals surface area contributed by atoms with Crippen molar-refractivity contribution in [3.63, 3.8) is 0 Å². The summed E-state index contributed by atoms with van der Waals surface area (Å²) >= 11 is 0. The van der Waals surface area contributed by atoms with Crippen LogP contribution in [0.2, 0.25) is 0 Å². The van der Waals surface area contributed by atoms with E-state index in [1.807, 2.05) is 13.8 Å². The van der Waals surface area contributed by atoms with E-state index in [1.54, 1.807) is 12.1 Å². The minimum absolute atomic E-state index is 0.132. The lowest BCUT2D eigenvalue weighted by Crippen LogP contribution is -2.32. The molecular weight excluding hydrogens is 233 g/mol. The maximum absolute atomic E-state index is 13.9. The summed E-state index contributed by atoms with van der Waals surface area (Å²) in [5.41, 5.74) is 0.538. The predicted octanol–water partition coefficient (Wildman–Crippen LogP) is 2.65. The average Bonchev–Trinajstić information content (AvgIpc) is 2.37. The highest BCUT2D eigenvalue weighted by Crippen LogP contribution is 2.28. The molecule has 2 unspecified atom stereocenters. The van der Waals surface area contributed by atoms with Gasteiger partial charge in [0.15, 0.2) is 0 Å². The van der Waals surface area contributed by atoms with Gasteiger partial charge in [0.2, 0.25) is 0 Å². The number of hydrogen-bond donors (Lipinski definition) is 2. The molecule has 4 heteroatoms. The molecule has 0 bridgehead atoms. The van der Waals surface area contributed by atoms with Crippen LogP contribution in [0.15, 0.2) is 18.2 Å². The molecule has 0 amide bonds. The Morgan fingerprint density at radius 1 is 1.44 bits per heavy atom. The van der Waals surface area contributed by atoms with E-state index in [9.17, 15) is 4.39 Å². The number of ether oxygens (including phenoxy) is 1. The van der Waals surface area contributed by atoms with Crippen LogP contribution in [0.3, 0.4) is 0 Å². The van der Waals surface area contributed by atoms with E-state index in [0.717, 1.165) is 6.42 Å². The van der Waals surface area contributed by atoms with Gasteiger partial charge in [-0.15, -0.1) is 0 Å². The van der Waals surface area contributed by atoms with Crippen molar-refractivity contribution in [2.45, 2.75) is 38.8 Å². The van der Waals surface area contributed by atoms with Crippen molar-refractivity contribution >= 4 is 0 Å². The van der Waals surface area contributed by atoms with Gasteiger partial charge >= 0.3 is 0 Å². The standard InChI is InChI=1S/C14H22FNO2/c1-4-11(8-9-17)16-10(2)14-12(15)6-5-7-13(14)18-3/h5-7,10-11,16-17H,4,8-9H2,1-3H3. The van der Waals surface area contributed by atoms with Crippen molar-refractivity contribution in [2.75, 3.05) is 13.7 Å². The first-order valence-corrected chi connectivity index (χ1v) is 6.33. The highest BCUT2D eigenvalue weighted by atomic mass is 19.1. The van der Waals surface area contributed by atoms with Crippen LogP contribution in [-0.2, 0) is 0 Å². The third kappa shape index (κ3) is 3.68. The summed E-state index contributed by atoms with van der Waals surface area (Å²) < 4.78 is 19.1. The van der Waals surface area contributed by atoms with Gasteiger partial charge in [0.1, 0.15) is 11.6 Å². The first-order chi connectivity index (χ1) is 8.63. The van der Waals surface area contributed by atoms with Crippen molar-refractivity contribution in [2.24, 2.45) is 0 Å². The Kier molecular flexibility index (Phi) is 6.09. The first kappa shape index (κ1) is 14.9. The molecule has 0 saturated heterocycles. The third-order valence-corrected chi connectivity index (χ3v) is 3.12. The highest BCUT2D eigenvalue weighted by molar-refractivity contribution is 5.36. The van der Waals surface area contributed by atoms with E-state index in [4.69, 9.17) is 9.84 Å². The topological polar surface area (TPSA) is 41.5 Å². The van der Waals surface area contributed by atoms with Crippen LogP contribution in [0.25, 0.3) is 0 Å². The van der Waals surface area contributed by atoms with E-state index in [2.05, 4.69) is 5.32 Å². The van der Waals surface area contributed by atoms with Crippen LogP contribution < -0.4 is 10.1 Å². The summed E-state index contributed by atoms with van der Waals surface area (Å²) in [5.74, 6) is 0.280. The molecule has 18 heavy (non-hydrogen) atoms. The van der Waals surface area contributed by atoms with Crippen LogP contribution in [0.5, 0.6) is 5.75 Å². The SMILES string of the molecule is CCC(CCO)NC(C)c1c(F)cccc1OC. The van der Waals surface area contributed by atoms with Gasteiger partial charge in [-0.2, -0.15) is 0 Å². The number of rotatable bonds is 7. The van der Waals surface area contributed by atoms with Gasteiger partial charge in [-0.1, -0.05) is 13.0 Å². The molecule has 2 atom stereocenters. The maximum atomic E-state index is 13.9. The fraction of sp³-hybridized carbons (Fsp3) is 0.571. The van der Waals surface area contributed by atoms with E-state index >= 15 is 0 Å². The van der Waals surface area contributed by atoms with Gasteiger partial charge in [0.25, 0.3) is 0 Å². The van der Waals surface area contributed by atoms with E-state index in [-0.39, 0.29) is 24.5 Å².